The molecule has 9 heteroatoms. The molecule has 214 valence electrons. The average Bonchev–Trinajstić information content (AvgIpc) is 3.34. The fraction of sp³-hybridized carbons (Fsp3) is 0.303. The normalized spacial score (nSPS) is 17.4. The Hall–Kier alpha value is -4.47. The number of nitrogens with zero attached hydrogens (tertiary/aromatic N) is 5. The molecule has 42 heavy (non-hydrogen) atoms. The van der Waals surface area contributed by atoms with Crippen LogP contribution in [0.1, 0.15) is 28.2 Å². The molecular weight excluding hydrogens is 530 g/mol. The zero-order valence-corrected chi connectivity index (χ0v) is 23.4. The lowest BCUT2D eigenvalue weighted by molar-refractivity contribution is -0.0592. The van der Waals surface area contributed by atoms with E-state index in [1.807, 2.05) is 24.3 Å². The van der Waals surface area contributed by atoms with Gasteiger partial charge in [-0.1, -0.05) is 42.5 Å². The summed E-state index contributed by atoms with van der Waals surface area (Å²) in [6.45, 7) is 6.05. The van der Waals surface area contributed by atoms with Crippen LogP contribution in [0.15, 0.2) is 78.9 Å². The fourth-order valence-corrected chi connectivity index (χ4v) is 5.74. The topological polar surface area (TPSA) is 93.0 Å². The smallest absolute Gasteiger partial charge is 0.335 e. The molecular formula is C33H33N5O4. The molecule has 0 bridgehead atoms. The van der Waals surface area contributed by atoms with Crippen LogP contribution in [0.25, 0.3) is 21.8 Å². The third kappa shape index (κ3) is 5.53. The molecule has 2 aliphatic rings. The molecule has 7 rings (SSSR count). The first-order chi connectivity index (χ1) is 20.6. The highest BCUT2D eigenvalue weighted by Gasteiger charge is 2.25. The van der Waals surface area contributed by atoms with Gasteiger partial charge in [-0.2, -0.15) is 4.98 Å². The molecule has 1 N–H and O–H groups in total. The number of hydrogen-bond acceptors (Lipinski definition) is 7. The molecule has 5 aromatic rings. The second-order valence-corrected chi connectivity index (χ2v) is 11.0. The second kappa shape index (κ2) is 11.4. The number of ether oxygens (including phenoxy) is 2. The van der Waals surface area contributed by atoms with E-state index in [-0.39, 0.29) is 11.7 Å². The van der Waals surface area contributed by atoms with Crippen LogP contribution in [0.5, 0.6) is 5.88 Å². The van der Waals surface area contributed by atoms with Crippen LogP contribution in [0.4, 0.5) is 5.82 Å². The van der Waals surface area contributed by atoms with Crippen molar-refractivity contribution >= 4 is 33.6 Å². The van der Waals surface area contributed by atoms with Crippen LogP contribution in [0, 0.1) is 0 Å². The van der Waals surface area contributed by atoms with Gasteiger partial charge in [0, 0.05) is 38.9 Å². The quantitative estimate of drug-likeness (QED) is 0.269. The lowest BCUT2D eigenvalue weighted by atomic mass is 10.1. The third-order valence-electron chi connectivity index (χ3n) is 8.22. The summed E-state index contributed by atoms with van der Waals surface area (Å²) in [6, 6.07) is 25.8. The molecule has 0 amide bonds. The molecule has 2 fully saturated rings. The number of rotatable bonds is 9. The van der Waals surface area contributed by atoms with Crippen molar-refractivity contribution in [2.45, 2.75) is 32.2 Å². The van der Waals surface area contributed by atoms with Crippen molar-refractivity contribution in [3.8, 4) is 5.88 Å². The summed E-state index contributed by atoms with van der Waals surface area (Å²) in [6.07, 6.45) is 1.15. The van der Waals surface area contributed by atoms with Crippen molar-refractivity contribution in [1.29, 1.82) is 0 Å². The number of fused-ring (bicyclic) bond motifs is 2. The van der Waals surface area contributed by atoms with Gasteiger partial charge in [0.2, 0.25) is 5.88 Å². The summed E-state index contributed by atoms with van der Waals surface area (Å²) in [4.78, 5) is 26.0. The highest BCUT2D eigenvalue weighted by Crippen LogP contribution is 2.25. The van der Waals surface area contributed by atoms with Crippen molar-refractivity contribution in [2.75, 3.05) is 37.7 Å². The summed E-state index contributed by atoms with van der Waals surface area (Å²) in [7, 11) is 0. The molecule has 0 saturated carbocycles. The number of carboxylic acid groups (broad SMARTS) is 1. The monoisotopic (exact) mass is 563 g/mol. The molecule has 0 radical (unpaired) electrons. The Morgan fingerprint density at radius 2 is 1.76 bits per heavy atom. The van der Waals surface area contributed by atoms with Crippen LogP contribution in [-0.4, -0.2) is 69.4 Å². The van der Waals surface area contributed by atoms with Gasteiger partial charge in [-0.05, 0) is 53.1 Å². The molecule has 0 aliphatic carbocycles. The second-order valence-electron chi connectivity index (χ2n) is 11.0. The SMILES string of the molecule is O=C(O)c1ccc2nc(CN3CCN(c4cccc(OCc5ccc6ccccc6c5)n4)CC3)n(CC3CCO3)c2c1. The minimum Gasteiger partial charge on any atom is -0.478 e. The minimum atomic E-state index is -0.931. The number of carbonyl (C=O) groups is 1. The Morgan fingerprint density at radius 3 is 2.55 bits per heavy atom. The molecule has 0 spiro atoms. The predicted molar refractivity (Wildman–Crippen MR) is 161 cm³/mol. The molecule has 3 aromatic carbocycles. The molecule has 2 aromatic heterocycles. The van der Waals surface area contributed by atoms with Crippen molar-refractivity contribution in [3.63, 3.8) is 0 Å². The Morgan fingerprint density at radius 1 is 0.929 bits per heavy atom. The first-order valence-corrected chi connectivity index (χ1v) is 14.5. The lowest BCUT2D eigenvalue weighted by Crippen LogP contribution is -2.46. The van der Waals surface area contributed by atoms with Gasteiger partial charge in [0.05, 0.1) is 35.8 Å². The first kappa shape index (κ1) is 26.4. The van der Waals surface area contributed by atoms with E-state index >= 15 is 0 Å². The number of aromatic nitrogens is 3. The standard InChI is InChI=1S/C33H33N5O4/c39-33(40)26-10-11-28-29(19-26)38(20-27-12-17-41-27)31(34-28)21-36-13-15-37(16-14-36)30-6-3-7-32(35-30)42-22-23-8-9-24-4-1-2-5-25(24)18-23/h1-11,18-19,27H,12-17,20-22H2,(H,39,40). The number of hydrogen-bond donors (Lipinski definition) is 1. The van der Waals surface area contributed by atoms with E-state index in [2.05, 4.69) is 50.8 Å². The van der Waals surface area contributed by atoms with Gasteiger partial charge in [-0.3, -0.25) is 4.90 Å². The van der Waals surface area contributed by atoms with Gasteiger partial charge in [-0.25, -0.2) is 9.78 Å². The third-order valence-corrected chi connectivity index (χ3v) is 8.22. The Bertz CT molecular complexity index is 1740. The maximum absolute atomic E-state index is 11.6. The van der Waals surface area contributed by atoms with Crippen LogP contribution in [0.2, 0.25) is 0 Å². The maximum atomic E-state index is 11.6. The average molecular weight is 564 g/mol. The highest BCUT2D eigenvalue weighted by atomic mass is 16.5. The minimum absolute atomic E-state index is 0.147. The van der Waals surface area contributed by atoms with E-state index in [1.165, 1.54) is 10.8 Å². The predicted octanol–water partition coefficient (Wildman–Crippen LogP) is 4.97. The summed E-state index contributed by atoms with van der Waals surface area (Å²) in [5, 5.41) is 11.9. The largest absolute Gasteiger partial charge is 0.478 e. The molecule has 2 saturated heterocycles. The fourth-order valence-electron chi connectivity index (χ4n) is 5.74. The van der Waals surface area contributed by atoms with E-state index in [0.29, 0.717) is 25.6 Å². The molecule has 4 heterocycles. The van der Waals surface area contributed by atoms with Gasteiger partial charge in [-0.15, -0.1) is 0 Å². The summed E-state index contributed by atoms with van der Waals surface area (Å²) in [5.41, 5.74) is 3.05. The number of aromatic carboxylic acids is 1. The lowest BCUT2D eigenvalue weighted by Gasteiger charge is -2.35. The van der Waals surface area contributed by atoms with Gasteiger partial charge < -0.3 is 24.0 Å². The van der Waals surface area contributed by atoms with Crippen molar-refractivity contribution < 1.29 is 19.4 Å². The zero-order chi connectivity index (χ0) is 28.5. The number of pyridine rings is 1. The molecule has 9 nitrogen and oxygen atoms in total. The first-order valence-electron chi connectivity index (χ1n) is 14.5. The van der Waals surface area contributed by atoms with E-state index < -0.39 is 5.97 Å². The van der Waals surface area contributed by atoms with Crippen molar-refractivity contribution in [1.82, 2.24) is 19.4 Å². The number of imidazole rings is 1. The molecule has 1 atom stereocenters. The number of benzene rings is 3. The number of carboxylic acids is 1. The van der Waals surface area contributed by atoms with Crippen LogP contribution >= 0.6 is 0 Å². The molecule has 2 aliphatic heterocycles. The molecule has 1 unspecified atom stereocenters. The van der Waals surface area contributed by atoms with Gasteiger partial charge in [0.25, 0.3) is 0 Å². The Balaban J connectivity index is 1.000. The highest BCUT2D eigenvalue weighted by molar-refractivity contribution is 5.92. The van der Waals surface area contributed by atoms with Gasteiger partial charge in [0.15, 0.2) is 0 Å². The van der Waals surface area contributed by atoms with Crippen LogP contribution < -0.4 is 9.64 Å². The van der Waals surface area contributed by atoms with Crippen molar-refractivity contribution in [2.24, 2.45) is 0 Å². The number of piperazine rings is 1. The van der Waals surface area contributed by atoms with Gasteiger partial charge >= 0.3 is 5.97 Å². The van der Waals surface area contributed by atoms with E-state index in [4.69, 9.17) is 19.4 Å². The van der Waals surface area contributed by atoms with E-state index in [1.54, 1.807) is 18.2 Å². The summed E-state index contributed by atoms with van der Waals surface area (Å²) < 4.78 is 13.9. The Kier molecular flexibility index (Phi) is 7.19. The van der Waals surface area contributed by atoms with Crippen molar-refractivity contribution in [3.05, 3.63) is 95.8 Å². The summed E-state index contributed by atoms with van der Waals surface area (Å²) >= 11 is 0. The zero-order valence-electron chi connectivity index (χ0n) is 23.4. The van der Waals surface area contributed by atoms with Crippen LogP contribution in [0.3, 0.4) is 0 Å². The van der Waals surface area contributed by atoms with Gasteiger partial charge in [0.1, 0.15) is 18.2 Å². The van der Waals surface area contributed by atoms with E-state index in [9.17, 15) is 9.90 Å². The van der Waals surface area contributed by atoms with Crippen LogP contribution in [-0.2, 0) is 24.4 Å². The Labute approximate surface area is 243 Å². The van der Waals surface area contributed by atoms with E-state index in [0.717, 1.165) is 67.4 Å². The summed E-state index contributed by atoms with van der Waals surface area (Å²) in [5.74, 6) is 1.55. The maximum Gasteiger partial charge on any atom is 0.335 e. The number of anilines is 1.